The maximum absolute atomic E-state index is 12.3. The smallest absolute Gasteiger partial charge is 0.349 e. The molecule has 2 aromatic rings. The summed E-state index contributed by atoms with van der Waals surface area (Å²) in [7, 11) is 2.00. The molecule has 1 aromatic heterocycles. The summed E-state index contributed by atoms with van der Waals surface area (Å²) in [6.45, 7) is 1.67. The van der Waals surface area contributed by atoms with E-state index in [1.807, 2.05) is 7.05 Å². The molecule has 0 saturated carbocycles. The van der Waals surface area contributed by atoms with Crippen molar-refractivity contribution in [3.05, 3.63) is 40.2 Å². The van der Waals surface area contributed by atoms with Crippen LogP contribution < -0.4 is 16.3 Å². The minimum atomic E-state index is -0.688. The van der Waals surface area contributed by atoms with Crippen molar-refractivity contribution in [3.8, 4) is 5.75 Å². The van der Waals surface area contributed by atoms with Gasteiger partial charge in [-0.25, -0.2) is 4.79 Å². The highest BCUT2D eigenvalue weighted by atomic mass is 16.4. The van der Waals surface area contributed by atoms with E-state index in [0.29, 0.717) is 11.9 Å². The zero-order valence-corrected chi connectivity index (χ0v) is 17.5. The summed E-state index contributed by atoms with van der Waals surface area (Å²) >= 11 is 0. The Morgan fingerprint density at radius 2 is 1.48 bits per heavy atom. The lowest BCUT2D eigenvalue weighted by atomic mass is 10.1. The monoisotopic (exact) mass is 402 g/mol. The van der Waals surface area contributed by atoms with Crippen LogP contribution in [0.3, 0.4) is 0 Å². The third kappa shape index (κ3) is 8.28. The summed E-state index contributed by atoms with van der Waals surface area (Å²) in [5.74, 6) is -0.394. The van der Waals surface area contributed by atoms with Crippen molar-refractivity contribution < 1.29 is 14.3 Å². The highest BCUT2D eigenvalue weighted by Crippen LogP contribution is 2.19. The quantitative estimate of drug-likeness (QED) is 0.323. The van der Waals surface area contributed by atoms with E-state index in [-0.39, 0.29) is 16.9 Å². The van der Waals surface area contributed by atoms with E-state index in [1.54, 1.807) is 6.07 Å². The van der Waals surface area contributed by atoms with Gasteiger partial charge < -0.3 is 20.2 Å². The van der Waals surface area contributed by atoms with Crippen LogP contribution in [-0.4, -0.2) is 31.2 Å². The Hall–Kier alpha value is -2.34. The molecule has 0 atom stereocenters. The second-order valence-electron chi connectivity index (χ2n) is 7.56. The van der Waals surface area contributed by atoms with E-state index in [2.05, 4.69) is 10.6 Å². The van der Waals surface area contributed by atoms with Gasteiger partial charge in [0.1, 0.15) is 16.9 Å². The Labute approximate surface area is 172 Å². The van der Waals surface area contributed by atoms with Gasteiger partial charge in [-0.1, -0.05) is 51.4 Å². The van der Waals surface area contributed by atoms with Gasteiger partial charge in [0, 0.05) is 18.0 Å². The van der Waals surface area contributed by atoms with Gasteiger partial charge in [0.05, 0.1) is 0 Å². The highest BCUT2D eigenvalue weighted by Gasteiger charge is 2.13. The van der Waals surface area contributed by atoms with Crippen LogP contribution >= 0.6 is 0 Å². The molecule has 3 N–H and O–H groups in total. The summed E-state index contributed by atoms with van der Waals surface area (Å²) in [5.41, 5.74) is -0.422. The van der Waals surface area contributed by atoms with Gasteiger partial charge in [-0.15, -0.1) is 0 Å². The third-order valence-electron chi connectivity index (χ3n) is 5.10. The van der Waals surface area contributed by atoms with Crippen molar-refractivity contribution in [2.45, 2.75) is 64.2 Å². The summed E-state index contributed by atoms with van der Waals surface area (Å²) in [6.07, 6.45) is 12.2. The number of hydrogen-bond acceptors (Lipinski definition) is 5. The van der Waals surface area contributed by atoms with Gasteiger partial charge in [-0.2, -0.15) is 0 Å². The largest absolute Gasteiger partial charge is 0.508 e. The molecule has 1 aromatic carbocycles. The molecule has 1 amide bonds. The van der Waals surface area contributed by atoms with Crippen LogP contribution in [-0.2, 0) is 0 Å². The second-order valence-corrected chi connectivity index (χ2v) is 7.56. The average molecular weight is 403 g/mol. The lowest BCUT2D eigenvalue weighted by molar-refractivity contribution is 0.0949. The summed E-state index contributed by atoms with van der Waals surface area (Å²) in [5, 5.41) is 16.0. The van der Waals surface area contributed by atoms with Gasteiger partial charge in [0.15, 0.2) is 0 Å². The number of phenolic OH excluding ortho intramolecular Hbond substituents is 1. The van der Waals surface area contributed by atoms with Crippen LogP contribution in [0.4, 0.5) is 0 Å². The predicted molar refractivity (Wildman–Crippen MR) is 117 cm³/mol. The van der Waals surface area contributed by atoms with Gasteiger partial charge in [-0.05, 0) is 44.6 Å². The molecule has 0 aliphatic carbocycles. The normalized spacial score (nSPS) is 11.1. The number of carbonyl (C=O) groups excluding carboxylic acids is 1. The number of benzene rings is 1. The van der Waals surface area contributed by atoms with E-state index >= 15 is 0 Å². The first-order chi connectivity index (χ1) is 14.1. The van der Waals surface area contributed by atoms with Crippen LogP contribution in [0.2, 0.25) is 0 Å². The van der Waals surface area contributed by atoms with Gasteiger partial charge in [-0.3, -0.25) is 4.79 Å². The molecule has 0 spiro atoms. The number of amides is 1. The topological polar surface area (TPSA) is 91.6 Å². The molecule has 29 heavy (non-hydrogen) atoms. The molecule has 2 rings (SSSR count). The fourth-order valence-electron chi connectivity index (χ4n) is 3.40. The maximum atomic E-state index is 12.3. The van der Waals surface area contributed by atoms with Crippen LogP contribution in [0.25, 0.3) is 11.0 Å². The first kappa shape index (κ1) is 22.9. The van der Waals surface area contributed by atoms with Crippen molar-refractivity contribution in [2.75, 3.05) is 20.1 Å². The number of fused-ring (bicyclic) bond motifs is 1. The number of carbonyl (C=O) groups is 1. The zero-order chi connectivity index (χ0) is 20.9. The molecule has 0 saturated heterocycles. The molecular weight excluding hydrogens is 368 g/mol. The Kier molecular flexibility index (Phi) is 10.3. The van der Waals surface area contributed by atoms with Gasteiger partial charge in [0.25, 0.3) is 5.91 Å². The lowest BCUT2D eigenvalue weighted by Crippen LogP contribution is -2.29. The number of aromatic hydroxyl groups is 1. The summed E-state index contributed by atoms with van der Waals surface area (Å²) < 4.78 is 5.13. The highest BCUT2D eigenvalue weighted by molar-refractivity contribution is 5.96. The Bertz CT molecular complexity index is 816. The molecule has 0 aliphatic heterocycles. The minimum absolute atomic E-state index is 0.00194. The minimum Gasteiger partial charge on any atom is -0.508 e. The summed E-state index contributed by atoms with van der Waals surface area (Å²) in [4.78, 5) is 24.3. The van der Waals surface area contributed by atoms with Crippen LogP contribution in [0.1, 0.15) is 74.6 Å². The van der Waals surface area contributed by atoms with Crippen molar-refractivity contribution in [2.24, 2.45) is 0 Å². The molecule has 6 nitrogen and oxygen atoms in total. The van der Waals surface area contributed by atoms with Crippen molar-refractivity contribution >= 4 is 16.9 Å². The molecule has 0 unspecified atom stereocenters. The lowest BCUT2D eigenvalue weighted by Gasteiger charge is -2.06. The standard InChI is InChI=1S/C23H34N2O4/c1-24-14-10-8-6-4-2-3-5-7-9-11-15-25-22(27)20-16-18-12-13-19(26)17-21(18)29-23(20)28/h12-13,16-17,24,26H,2-11,14-15H2,1H3,(H,25,27). The zero-order valence-electron chi connectivity index (χ0n) is 17.5. The van der Waals surface area contributed by atoms with E-state index < -0.39 is 11.5 Å². The SMILES string of the molecule is CNCCCCCCCCCCCCNC(=O)c1cc2ccc(O)cc2oc1=O. The molecule has 0 bridgehead atoms. The molecule has 0 fully saturated rings. The van der Waals surface area contributed by atoms with Crippen molar-refractivity contribution in [3.63, 3.8) is 0 Å². The Morgan fingerprint density at radius 3 is 2.10 bits per heavy atom. The van der Waals surface area contributed by atoms with Crippen LogP contribution in [0.5, 0.6) is 5.75 Å². The fourth-order valence-corrected chi connectivity index (χ4v) is 3.40. The predicted octanol–water partition coefficient (Wildman–Crippen LogP) is 4.35. The number of nitrogens with one attached hydrogen (secondary N) is 2. The summed E-state index contributed by atoms with van der Waals surface area (Å²) in [6, 6.07) is 5.98. The molecular formula is C23H34N2O4. The van der Waals surface area contributed by atoms with E-state index in [1.165, 1.54) is 69.6 Å². The Balaban J connectivity index is 1.57. The second kappa shape index (κ2) is 13.0. The fraction of sp³-hybridized carbons (Fsp3) is 0.565. The maximum Gasteiger partial charge on any atom is 0.349 e. The number of rotatable bonds is 14. The first-order valence-electron chi connectivity index (χ1n) is 10.8. The van der Waals surface area contributed by atoms with E-state index in [0.717, 1.165) is 19.4 Å². The molecule has 6 heteroatoms. The number of phenols is 1. The molecule has 0 radical (unpaired) electrons. The average Bonchev–Trinajstić information content (AvgIpc) is 2.70. The van der Waals surface area contributed by atoms with E-state index in [9.17, 15) is 14.7 Å². The molecule has 160 valence electrons. The van der Waals surface area contributed by atoms with Crippen LogP contribution in [0.15, 0.2) is 33.5 Å². The molecule has 1 heterocycles. The van der Waals surface area contributed by atoms with Gasteiger partial charge in [0.2, 0.25) is 0 Å². The van der Waals surface area contributed by atoms with Crippen molar-refractivity contribution in [1.29, 1.82) is 0 Å². The van der Waals surface area contributed by atoms with E-state index in [4.69, 9.17) is 4.42 Å². The number of hydrogen-bond donors (Lipinski definition) is 3. The Morgan fingerprint density at radius 1 is 0.897 bits per heavy atom. The first-order valence-corrected chi connectivity index (χ1v) is 10.8. The third-order valence-corrected chi connectivity index (χ3v) is 5.10. The van der Waals surface area contributed by atoms with Gasteiger partial charge >= 0.3 is 5.63 Å². The van der Waals surface area contributed by atoms with Crippen LogP contribution in [0, 0.1) is 0 Å². The molecule has 0 aliphatic rings. The van der Waals surface area contributed by atoms with Crippen molar-refractivity contribution in [1.82, 2.24) is 10.6 Å². The number of unbranched alkanes of at least 4 members (excludes halogenated alkanes) is 9.